The predicted molar refractivity (Wildman–Crippen MR) is 110 cm³/mol. The monoisotopic (exact) mass is 370 g/mol. The molecule has 4 nitrogen and oxygen atoms in total. The van der Waals surface area contributed by atoms with Gasteiger partial charge in [0.2, 0.25) is 5.91 Å². The molecule has 0 unspecified atom stereocenters. The highest BCUT2D eigenvalue weighted by Crippen LogP contribution is 2.26. The van der Waals surface area contributed by atoms with Crippen LogP contribution in [0.15, 0.2) is 77.3 Å². The first kappa shape index (κ1) is 18.0. The van der Waals surface area contributed by atoms with E-state index in [0.29, 0.717) is 5.69 Å². The Hall–Kier alpha value is -3.40. The molecule has 0 spiro atoms. The van der Waals surface area contributed by atoms with Crippen molar-refractivity contribution in [2.45, 2.75) is 26.3 Å². The molecule has 0 aliphatic heterocycles. The number of hydrogen-bond acceptors (Lipinski definition) is 3. The summed E-state index contributed by atoms with van der Waals surface area (Å²) in [5, 5.41) is 8.24. The number of fused-ring (bicyclic) bond motifs is 1. The van der Waals surface area contributed by atoms with E-state index in [9.17, 15) is 4.79 Å². The maximum atomic E-state index is 12.9. The zero-order valence-corrected chi connectivity index (χ0v) is 16.0. The molecule has 4 rings (SSSR count). The number of hydrogen-bond donors (Lipinski definition) is 1. The highest BCUT2D eigenvalue weighted by atomic mass is 16.5. The summed E-state index contributed by atoms with van der Waals surface area (Å²) in [6, 6.07) is 23.8. The van der Waals surface area contributed by atoms with E-state index in [1.807, 2.05) is 80.6 Å². The van der Waals surface area contributed by atoms with Crippen LogP contribution in [0, 0.1) is 13.8 Å². The van der Waals surface area contributed by atoms with Crippen LogP contribution >= 0.6 is 0 Å². The highest BCUT2D eigenvalue weighted by molar-refractivity contribution is 5.89. The van der Waals surface area contributed by atoms with Crippen molar-refractivity contribution in [2.75, 3.05) is 0 Å². The van der Waals surface area contributed by atoms with E-state index in [-0.39, 0.29) is 18.4 Å². The number of aryl methyl sites for hydroxylation is 2. The van der Waals surface area contributed by atoms with Crippen molar-refractivity contribution in [1.82, 2.24) is 10.5 Å². The first-order chi connectivity index (χ1) is 13.6. The van der Waals surface area contributed by atoms with E-state index in [2.05, 4.69) is 16.5 Å². The molecule has 0 saturated carbocycles. The van der Waals surface area contributed by atoms with Gasteiger partial charge in [-0.15, -0.1) is 0 Å². The fourth-order valence-electron chi connectivity index (χ4n) is 3.66. The molecule has 3 aromatic carbocycles. The van der Waals surface area contributed by atoms with Crippen molar-refractivity contribution in [3.63, 3.8) is 0 Å². The van der Waals surface area contributed by atoms with Crippen LogP contribution in [0.25, 0.3) is 11.0 Å². The Balaban J connectivity index is 1.61. The number of aromatic nitrogens is 1. The van der Waals surface area contributed by atoms with E-state index >= 15 is 0 Å². The number of carbonyl (C=O) groups excluding carboxylic acids is 1. The van der Waals surface area contributed by atoms with E-state index in [1.165, 1.54) is 0 Å². The molecule has 140 valence electrons. The standard InChI is InChI=1S/C24H22N2O2/c1-16-13-17(2)23-20(26-28-21(23)14-16)15-22(27)25-24(18-9-5-3-6-10-18)19-11-7-4-8-12-19/h3-14,24H,15H2,1-2H3,(H,25,27). The Morgan fingerprint density at radius 2 is 1.57 bits per heavy atom. The van der Waals surface area contributed by atoms with Crippen LogP contribution in [0.1, 0.15) is 34.0 Å². The molecule has 4 heteroatoms. The van der Waals surface area contributed by atoms with Crippen molar-refractivity contribution in [3.05, 3.63) is 101 Å². The molecule has 4 aromatic rings. The SMILES string of the molecule is Cc1cc(C)c2c(CC(=O)NC(c3ccccc3)c3ccccc3)noc2c1. The van der Waals surface area contributed by atoms with Crippen molar-refractivity contribution < 1.29 is 9.32 Å². The van der Waals surface area contributed by atoms with Crippen LogP contribution in [-0.4, -0.2) is 11.1 Å². The van der Waals surface area contributed by atoms with E-state index in [1.54, 1.807) is 0 Å². The van der Waals surface area contributed by atoms with Gasteiger partial charge in [0, 0.05) is 5.39 Å². The highest BCUT2D eigenvalue weighted by Gasteiger charge is 2.19. The summed E-state index contributed by atoms with van der Waals surface area (Å²) in [7, 11) is 0. The molecule has 0 bridgehead atoms. The molecule has 1 amide bonds. The third-order valence-corrected chi connectivity index (χ3v) is 4.89. The zero-order chi connectivity index (χ0) is 19.5. The van der Waals surface area contributed by atoms with Gasteiger partial charge in [0.25, 0.3) is 0 Å². The lowest BCUT2D eigenvalue weighted by molar-refractivity contribution is -0.121. The third kappa shape index (κ3) is 3.67. The molecule has 1 N–H and O–H groups in total. The van der Waals surface area contributed by atoms with Gasteiger partial charge in [0.15, 0.2) is 5.58 Å². The van der Waals surface area contributed by atoms with Gasteiger partial charge < -0.3 is 9.84 Å². The molecule has 0 saturated heterocycles. The third-order valence-electron chi connectivity index (χ3n) is 4.89. The average molecular weight is 370 g/mol. The lowest BCUT2D eigenvalue weighted by Crippen LogP contribution is -2.30. The number of nitrogens with zero attached hydrogens (tertiary/aromatic N) is 1. The molecule has 0 radical (unpaired) electrons. The van der Waals surface area contributed by atoms with Crippen LogP contribution < -0.4 is 5.32 Å². The maximum absolute atomic E-state index is 12.9. The maximum Gasteiger partial charge on any atom is 0.226 e. The molecule has 1 aromatic heterocycles. The average Bonchev–Trinajstić information content (AvgIpc) is 3.10. The fraction of sp³-hybridized carbons (Fsp3) is 0.167. The van der Waals surface area contributed by atoms with Crippen LogP contribution in [0.3, 0.4) is 0 Å². The second kappa shape index (κ2) is 7.69. The lowest BCUT2D eigenvalue weighted by Gasteiger charge is -2.19. The fourth-order valence-corrected chi connectivity index (χ4v) is 3.66. The largest absolute Gasteiger partial charge is 0.356 e. The van der Waals surface area contributed by atoms with E-state index in [4.69, 9.17) is 4.52 Å². The summed E-state index contributed by atoms with van der Waals surface area (Å²) in [5.41, 5.74) is 5.66. The molecule has 0 fully saturated rings. The Morgan fingerprint density at radius 1 is 0.964 bits per heavy atom. The quantitative estimate of drug-likeness (QED) is 0.544. The minimum absolute atomic E-state index is 0.0899. The van der Waals surface area contributed by atoms with Crippen LogP contribution in [-0.2, 0) is 11.2 Å². The minimum atomic E-state index is -0.212. The van der Waals surface area contributed by atoms with Gasteiger partial charge in [-0.05, 0) is 42.2 Å². The smallest absolute Gasteiger partial charge is 0.226 e. The molecular weight excluding hydrogens is 348 g/mol. The second-order valence-electron chi connectivity index (χ2n) is 7.08. The summed E-state index contributed by atoms with van der Waals surface area (Å²) < 4.78 is 5.46. The first-order valence-corrected chi connectivity index (χ1v) is 9.36. The van der Waals surface area contributed by atoms with Gasteiger partial charge in [-0.25, -0.2) is 0 Å². The van der Waals surface area contributed by atoms with Gasteiger partial charge >= 0.3 is 0 Å². The van der Waals surface area contributed by atoms with Crippen molar-refractivity contribution in [3.8, 4) is 0 Å². The number of nitrogens with one attached hydrogen (secondary N) is 1. The molecule has 0 atom stereocenters. The van der Waals surface area contributed by atoms with E-state index in [0.717, 1.165) is 33.2 Å². The first-order valence-electron chi connectivity index (χ1n) is 9.36. The van der Waals surface area contributed by atoms with Gasteiger partial charge in [-0.1, -0.05) is 71.9 Å². The summed E-state index contributed by atoms with van der Waals surface area (Å²) in [4.78, 5) is 12.9. The zero-order valence-electron chi connectivity index (χ0n) is 16.0. The Morgan fingerprint density at radius 3 is 2.18 bits per heavy atom. The van der Waals surface area contributed by atoms with Gasteiger partial charge in [0.05, 0.1) is 12.5 Å². The molecule has 1 heterocycles. The van der Waals surface area contributed by atoms with E-state index < -0.39 is 0 Å². The minimum Gasteiger partial charge on any atom is -0.356 e. The summed E-state index contributed by atoms with van der Waals surface area (Å²) >= 11 is 0. The normalized spacial score (nSPS) is 11.1. The molecule has 0 aliphatic carbocycles. The van der Waals surface area contributed by atoms with Gasteiger partial charge in [-0.2, -0.15) is 0 Å². The Labute approximate surface area is 164 Å². The lowest BCUT2D eigenvalue weighted by atomic mass is 9.98. The van der Waals surface area contributed by atoms with Crippen molar-refractivity contribution in [1.29, 1.82) is 0 Å². The van der Waals surface area contributed by atoms with Crippen molar-refractivity contribution in [2.24, 2.45) is 0 Å². The van der Waals surface area contributed by atoms with Crippen LogP contribution in [0.2, 0.25) is 0 Å². The molecular formula is C24H22N2O2. The summed E-state index contributed by atoms with van der Waals surface area (Å²) in [5.74, 6) is -0.0899. The van der Waals surface area contributed by atoms with Crippen LogP contribution in [0.5, 0.6) is 0 Å². The summed E-state index contributed by atoms with van der Waals surface area (Å²) in [6.45, 7) is 4.04. The Kier molecular flexibility index (Phi) is 4.94. The number of benzene rings is 3. The predicted octanol–water partition coefficient (Wildman–Crippen LogP) is 4.89. The Bertz CT molecular complexity index is 1060. The number of amides is 1. The van der Waals surface area contributed by atoms with Gasteiger partial charge in [0.1, 0.15) is 5.69 Å². The van der Waals surface area contributed by atoms with Crippen molar-refractivity contribution >= 4 is 16.9 Å². The summed E-state index contributed by atoms with van der Waals surface area (Å²) in [6.07, 6.45) is 0.174. The number of carbonyl (C=O) groups is 1. The topological polar surface area (TPSA) is 55.1 Å². The molecule has 0 aliphatic rings. The van der Waals surface area contributed by atoms with Crippen LogP contribution in [0.4, 0.5) is 0 Å². The number of rotatable bonds is 5. The second-order valence-corrected chi connectivity index (χ2v) is 7.08. The molecule has 28 heavy (non-hydrogen) atoms. The van der Waals surface area contributed by atoms with Gasteiger partial charge in [-0.3, -0.25) is 4.79 Å².